The monoisotopic (exact) mass is 881 g/mol. The summed E-state index contributed by atoms with van der Waals surface area (Å²) in [6.07, 6.45) is 0.0151. The molecule has 0 bridgehead atoms. The van der Waals surface area contributed by atoms with Crippen molar-refractivity contribution in [1.82, 2.24) is 31.5 Å². The first-order valence-electron chi connectivity index (χ1n) is 21.2. The number of aliphatic hydroxyl groups is 1. The number of benzene rings is 2. The Balaban J connectivity index is 1.75. The van der Waals surface area contributed by atoms with Crippen LogP contribution in [0.1, 0.15) is 76.8 Å². The maximum atomic E-state index is 14.1. The fourth-order valence-corrected chi connectivity index (χ4v) is 7.10. The van der Waals surface area contributed by atoms with Gasteiger partial charge in [-0.25, -0.2) is 4.79 Å². The van der Waals surface area contributed by atoms with E-state index in [9.17, 15) is 53.7 Å². The van der Waals surface area contributed by atoms with E-state index in [-0.39, 0.29) is 38.0 Å². The number of rotatable bonds is 25. The summed E-state index contributed by atoms with van der Waals surface area (Å²) in [5.41, 5.74) is 18.5. The fourth-order valence-electron chi connectivity index (χ4n) is 7.10. The molecule has 2 aromatic rings. The number of primary amides is 1. The summed E-state index contributed by atoms with van der Waals surface area (Å²) in [4.78, 5) is 107. The van der Waals surface area contributed by atoms with E-state index < -0.39 is 108 Å². The van der Waals surface area contributed by atoms with E-state index in [4.69, 9.17) is 17.2 Å². The molecule has 1 fully saturated rings. The zero-order chi connectivity index (χ0) is 46.8. The number of hydrogen-bond donors (Lipinski definition) is 11. The number of nitrogens with one attached hydrogen (secondary N) is 5. The molecule has 1 saturated heterocycles. The lowest BCUT2D eigenvalue weighted by molar-refractivity contribution is -0.143. The number of aromatic hydroxyl groups is 1. The minimum absolute atomic E-state index is 0.0543. The smallest absolute Gasteiger partial charge is 0.326 e. The topological polar surface area (TPSA) is 339 Å². The molecule has 2 aromatic carbocycles. The van der Waals surface area contributed by atoms with Gasteiger partial charge in [-0.2, -0.15) is 0 Å². The van der Waals surface area contributed by atoms with Crippen LogP contribution in [-0.4, -0.2) is 129 Å². The number of carbonyl (C=O) groups excluding carboxylic acids is 7. The molecule has 3 rings (SSSR count). The van der Waals surface area contributed by atoms with Crippen LogP contribution in [0.5, 0.6) is 5.75 Å². The Morgan fingerprint density at radius 1 is 0.762 bits per heavy atom. The predicted molar refractivity (Wildman–Crippen MR) is 230 cm³/mol. The van der Waals surface area contributed by atoms with Crippen LogP contribution in [-0.2, 0) is 51.2 Å². The molecule has 0 saturated carbocycles. The van der Waals surface area contributed by atoms with Crippen molar-refractivity contribution in [3.05, 3.63) is 65.7 Å². The molecule has 0 aromatic heterocycles. The molecule has 0 spiro atoms. The van der Waals surface area contributed by atoms with Crippen molar-refractivity contribution in [2.45, 2.75) is 127 Å². The largest absolute Gasteiger partial charge is 0.508 e. The molecule has 14 N–H and O–H groups in total. The molecule has 63 heavy (non-hydrogen) atoms. The highest BCUT2D eigenvalue weighted by Crippen LogP contribution is 2.22. The number of aliphatic hydroxyl groups excluding tert-OH is 1. The number of carboxylic acid groups (broad SMARTS) is 1. The van der Waals surface area contributed by atoms with E-state index in [0.29, 0.717) is 43.4 Å². The second-order valence-electron chi connectivity index (χ2n) is 15.9. The van der Waals surface area contributed by atoms with Crippen molar-refractivity contribution in [3.63, 3.8) is 0 Å². The number of phenolic OH excluding ortho intramolecular Hbond substituents is 1. The zero-order valence-electron chi connectivity index (χ0n) is 36.0. The van der Waals surface area contributed by atoms with Gasteiger partial charge in [0.1, 0.15) is 42.0 Å². The number of phenols is 1. The molecular weight excluding hydrogens is 819 g/mol. The van der Waals surface area contributed by atoms with E-state index in [1.54, 1.807) is 56.3 Å². The Morgan fingerprint density at radius 3 is 1.95 bits per heavy atom. The number of likely N-dealkylation sites (tertiary alicyclic amines) is 1. The van der Waals surface area contributed by atoms with Crippen molar-refractivity contribution >= 4 is 47.3 Å². The van der Waals surface area contributed by atoms with Gasteiger partial charge in [-0.05, 0) is 81.2 Å². The quantitative estimate of drug-likeness (QED) is 0.0503. The van der Waals surface area contributed by atoms with Crippen LogP contribution in [0.4, 0.5) is 0 Å². The summed E-state index contributed by atoms with van der Waals surface area (Å²) in [6.45, 7) is 5.16. The van der Waals surface area contributed by atoms with Crippen LogP contribution in [0.3, 0.4) is 0 Å². The number of carboxylic acids is 1. The highest BCUT2D eigenvalue weighted by molar-refractivity contribution is 5.98. The molecule has 1 aliphatic rings. The summed E-state index contributed by atoms with van der Waals surface area (Å²) >= 11 is 0. The van der Waals surface area contributed by atoms with Gasteiger partial charge in [-0.1, -0.05) is 62.7 Å². The van der Waals surface area contributed by atoms with Gasteiger partial charge in [-0.15, -0.1) is 0 Å². The van der Waals surface area contributed by atoms with E-state index in [0.717, 1.165) is 0 Å². The average molecular weight is 882 g/mol. The first-order valence-corrected chi connectivity index (χ1v) is 21.2. The summed E-state index contributed by atoms with van der Waals surface area (Å²) in [6, 6.07) is 5.34. The molecule has 1 heterocycles. The number of nitrogens with two attached hydrogens (primary N) is 3. The third-order valence-corrected chi connectivity index (χ3v) is 10.9. The Hall–Kier alpha value is -6.12. The second-order valence-corrected chi connectivity index (χ2v) is 15.9. The Labute approximate surface area is 366 Å². The lowest BCUT2D eigenvalue weighted by Gasteiger charge is -2.32. The van der Waals surface area contributed by atoms with Crippen LogP contribution < -0.4 is 43.8 Å². The first kappa shape index (κ1) is 51.2. The van der Waals surface area contributed by atoms with Crippen LogP contribution in [0, 0.1) is 5.92 Å². The summed E-state index contributed by atoms with van der Waals surface area (Å²) in [5.74, 6) is -7.71. The van der Waals surface area contributed by atoms with Gasteiger partial charge in [0.05, 0.1) is 18.6 Å². The predicted octanol–water partition coefficient (Wildman–Crippen LogP) is -1.56. The van der Waals surface area contributed by atoms with Gasteiger partial charge in [-0.3, -0.25) is 33.6 Å². The molecule has 9 atom stereocenters. The van der Waals surface area contributed by atoms with Gasteiger partial charge in [0.2, 0.25) is 41.4 Å². The van der Waals surface area contributed by atoms with E-state index >= 15 is 0 Å². The lowest BCUT2D eigenvalue weighted by atomic mass is 9.96. The normalized spacial score (nSPS) is 17.4. The summed E-state index contributed by atoms with van der Waals surface area (Å²) in [7, 11) is 0. The van der Waals surface area contributed by atoms with Crippen molar-refractivity contribution in [1.29, 1.82) is 0 Å². The number of unbranched alkanes of at least 4 members (excludes halogenated alkanes) is 1. The molecule has 0 unspecified atom stereocenters. The van der Waals surface area contributed by atoms with Gasteiger partial charge in [0, 0.05) is 13.0 Å². The molecule has 0 radical (unpaired) electrons. The van der Waals surface area contributed by atoms with Gasteiger partial charge >= 0.3 is 5.97 Å². The van der Waals surface area contributed by atoms with Crippen LogP contribution in [0.15, 0.2) is 54.6 Å². The Kier molecular flexibility index (Phi) is 20.4. The Bertz CT molecular complexity index is 1880. The number of aliphatic carboxylic acids is 1. The maximum absolute atomic E-state index is 14.1. The van der Waals surface area contributed by atoms with Gasteiger partial charge in [0.15, 0.2) is 0 Å². The van der Waals surface area contributed by atoms with Crippen molar-refractivity contribution in [2.75, 3.05) is 13.1 Å². The van der Waals surface area contributed by atoms with Crippen molar-refractivity contribution < 1.29 is 53.7 Å². The highest BCUT2D eigenvalue weighted by Gasteiger charge is 2.41. The third-order valence-electron chi connectivity index (χ3n) is 10.9. The number of hydrogen-bond acceptors (Lipinski definition) is 12. The number of nitrogens with zero attached hydrogens (tertiary/aromatic N) is 1. The molecule has 346 valence electrons. The van der Waals surface area contributed by atoms with E-state index in [2.05, 4.69) is 26.6 Å². The van der Waals surface area contributed by atoms with E-state index in [1.807, 2.05) is 0 Å². The third kappa shape index (κ3) is 15.9. The SMILES string of the molecule is CC[C@H](C)[C@H](NC(=O)[C@@H]1CCCN1C(=O)[C@H](CCCCN)NC(=O)[C@@H](N)Cc1ccc(O)cc1)C(=O)N[C@H](C(=O)N[C@@H](CC(N)=O)C(=O)N[C@@H](Cc1ccccc1)C(=O)O)[C@@H](C)O. The van der Waals surface area contributed by atoms with Crippen molar-refractivity contribution in [3.8, 4) is 5.75 Å². The second kappa shape index (κ2) is 25.1. The summed E-state index contributed by atoms with van der Waals surface area (Å²) < 4.78 is 0. The molecule has 20 nitrogen and oxygen atoms in total. The van der Waals surface area contributed by atoms with Gasteiger partial charge < -0.3 is 64.0 Å². The van der Waals surface area contributed by atoms with Crippen LogP contribution >= 0.6 is 0 Å². The average Bonchev–Trinajstić information content (AvgIpc) is 3.74. The fraction of sp³-hybridized carbons (Fsp3) is 0.535. The molecule has 1 aliphatic heterocycles. The lowest BCUT2D eigenvalue weighted by Crippen LogP contribution is -2.62. The van der Waals surface area contributed by atoms with Gasteiger partial charge in [0.25, 0.3) is 0 Å². The van der Waals surface area contributed by atoms with Crippen LogP contribution in [0.2, 0.25) is 0 Å². The first-order chi connectivity index (χ1) is 29.9. The zero-order valence-corrected chi connectivity index (χ0v) is 36.0. The molecule has 20 heteroatoms. The number of carbonyl (C=O) groups is 8. The Morgan fingerprint density at radius 2 is 1.37 bits per heavy atom. The molecule has 0 aliphatic carbocycles. The number of amides is 7. The van der Waals surface area contributed by atoms with Crippen LogP contribution in [0.25, 0.3) is 0 Å². The highest BCUT2D eigenvalue weighted by atomic mass is 16.4. The van der Waals surface area contributed by atoms with Crippen molar-refractivity contribution in [2.24, 2.45) is 23.1 Å². The maximum Gasteiger partial charge on any atom is 0.326 e. The standard InChI is InChI=1S/C43H63N9O11/c1-4-24(2)35(40(59)51-36(25(3)53)41(60)48-31(23-34(46)55)38(57)49-32(43(62)63)22-26-11-6-5-7-12-26)50-39(58)33-14-10-20-52(33)42(61)30(13-8-9-19-44)47-37(56)29(45)21-27-15-17-28(54)18-16-27/h5-7,11-12,15-18,24-25,29-33,35-36,53-54H,4,8-10,13-14,19-23,44-45H2,1-3H3,(H2,46,55)(H,47,56)(H,48,60)(H,49,57)(H,50,58)(H,51,59)(H,62,63)/t24-,25+,29-,30-,31-,32-,33-,35-,36-/m0/s1. The minimum atomic E-state index is -1.73. The van der Waals surface area contributed by atoms with E-state index in [1.165, 1.54) is 24.0 Å². The summed E-state index contributed by atoms with van der Waals surface area (Å²) in [5, 5.41) is 42.5. The molecular formula is C43H63N9O11. The minimum Gasteiger partial charge on any atom is -0.508 e. The molecule has 7 amide bonds.